The van der Waals surface area contributed by atoms with Crippen LogP contribution in [0.25, 0.3) is 27.8 Å². The second kappa shape index (κ2) is 7.71. The van der Waals surface area contributed by atoms with E-state index in [1.54, 1.807) is 6.33 Å². The molecular weight excluding hydrogens is 398 g/mol. The first-order chi connectivity index (χ1) is 15.6. The largest absolute Gasteiger partial charge is 0.378 e. The number of pyridine rings is 1. The van der Waals surface area contributed by atoms with E-state index in [4.69, 9.17) is 4.74 Å². The quantitative estimate of drug-likeness (QED) is 0.502. The van der Waals surface area contributed by atoms with Crippen LogP contribution in [-0.4, -0.2) is 56.8 Å². The number of benzene rings is 1. The van der Waals surface area contributed by atoms with E-state index in [1.165, 1.54) is 53.7 Å². The van der Waals surface area contributed by atoms with Crippen molar-refractivity contribution in [2.45, 2.75) is 51.5 Å². The van der Waals surface area contributed by atoms with Crippen molar-refractivity contribution in [2.75, 3.05) is 26.3 Å². The first-order valence-corrected chi connectivity index (χ1v) is 11.9. The van der Waals surface area contributed by atoms with Gasteiger partial charge in [-0.3, -0.25) is 4.90 Å². The number of H-pyrrole nitrogens is 1. The van der Waals surface area contributed by atoms with Crippen LogP contribution in [0.2, 0.25) is 0 Å². The lowest BCUT2D eigenvalue weighted by Crippen LogP contribution is -2.51. The Morgan fingerprint density at radius 1 is 1.12 bits per heavy atom. The third kappa shape index (κ3) is 3.24. The molecule has 2 saturated heterocycles. The fourth-order valence-electron chi connectivity index (χ4n) is 5.57. The van der Waals surface area contributed by atoms with E-state index in [1.807, 2.05) is 4.52 Å². The monoisotopic (exact) mass is 429 g/mol. The minimum absolute atomic E-state index is 0.418. The van der Waals surface area contributed by atoms with Crippen molar-refractivity contribution >= 4 is 16.6 Å². The maximum Gasteiger partial charge on any atom is 0.158 e. The Balaban J connectivity index is 1.37. The van der Waals surface area contributed by atoms with Crippen molar-refractivity contribution in [3.63, 3.8) is 0 Å². The van der Waals surface area contributed by atoms with Crippen molar-refractivity contribution < 1.29 is 4.74 Å². The summed E-state index contributed by atoms with van der Waals surface area (Å²) in [4.78, 5) is 10.7. The van der Waals surface area contributed by atoms with Crippen LogP contribution >= 0.6 is 0 Å². The molecule has 0 bridgehead atoms. The molecule has 0 aliphatic carbocycles. The average Bonchev–Trinajstić information content (AvgIpc) is 3.37. The molecule has 0 radical (unpaired) electrons. The molecule has 1 aromatic carbocycles. The van der Waals surface area contributed by atoms with E-state index in [2.05, 4.69) is 71.2 Å². The normalized spacial score (nSPS) is 18.8. The van der Waals surface area contributed by atoms with Crippen molar-refractivity contribution in [3.05, 3.63) is 53.5 Å². The highest BCUT2D eigenvalue weighted by Gasteiger charge is 2.30. The van der Waals surface area contributed by atoms with E-state index in [0.29, 0.717) is 17.9 Å². The Morgan fingerprint density at radius 2 is 1.94 bits per heavy atom. The van der Waals surface area contributed by atoms with Gasteiger partial charge in [-0.1, -0.05) is 19.9 Å². The number of rotatable bonds is 4. The Morgan fingerprint density at radius 3 is 2.66 bits per heavy atom. The van der Waals surface area contributed by atoms with Crippen LogP contribution in [0.1, 0.15) is 55.2 Å². The van der Waals surface area contributed by atoms with Gasteiger partial charge in [-0.25, -0.2) is 9.50 Å². The summed E-state index contributed by atoms with van der Waals surface area (Å²) >= 11 is 0. The summed E-state index contributed by atoms with van der Waals surface area (Å²) in [5.41, 5.74) is 8.51. The van der Waals surface area contributed by atoms with Gasteiger partial charge >= 0.3 is 0 Å². The number of ether oxygens (including phenoxy) is 1. The second-order valence-corrected chi connectivity index (χ2v) is 9.81. The topological polar surface area (TPSA) is 58.5 Å². The Hall–Kier alpha value is -2.70. The van der Waals surface area contributed by atoms with Gasteiger partial charge in [0.2, 0.25) is 0 Å². The van der Waals surface area contributed by atoms with Gasteiger partial charge in [-0.15, -0.1) is 0 Å². The van der Waals surface area contributed by atoms with Gasteiger partial charge in [0.1, 0.15) is 6.33 Å². The first kappa shape index (κ1) is 19.9. The SMILES string of the molecule is Cc1cc(-c2[nH]c3ccc(C4CCN(C5COC5)CC4)cc3c2C(C)C)cn2ncnc12. The van der Waals surface area contributed by atoms with E-state index < -0.39 is 0 Å². The molecule has 166 valence electrons. The van der Waals surface area contributed by atoms with E-state index in [9.17, 15) is 0 Å². The van der Waals surface area contributed by atoms with Crippen molar-refractivity contribution in [2.24, 2.45) is 0 Å². The molecule has 1 N–H and O–H groups in total. The summed E-state index contributed by atoms with van der Waals surface area (Å²) < 4.78 is 7.28. The molecule has 6 nitrogen and oxygen atoms in total. The summed E-state index contributed by atoms with van der Waals surface area (Å²) in [5.74, 6) is 1.06. The van der Waals surface area contributed by atoms with E-state index in [0.717, 1.165) is 30.0 Å². The number of likely N-dealkylation sites (tertiary alicyclic amines) is 1. The highest BCUT2D eigenvalue weighted by molar-refractivity contribution is 5.92. The van der Waals surface area contributed by atoms with Crippen LogP contribution in [-0.2, 0) is 4.74 Å². The van der Waals surface area contributed by atoms with Gasteiger partial charge in [-0.05, 0) is 79.6 Å². The number of piperidine rings is 1. The third-order valence-electron chi connectivity index (χ3n) is 7.43. The Bertz CT molecular complexity index is 1270. The van der Waals surface area contributed by atoms with Crippen LogP contribution in [0, 0.1) is 6.92 Å². The fourth-order valence-corrected chi connectivity index (χ4v) is 5.57. The average molecular weight is 430 g/mol. The number of nitrogens with one attached hydrogen (secondary N) is 1. The van der Waals surface area contributed by atoms with Gasteiger partial charge in [0.25, 0.3) is 0 Å². The number of fused-ring (bicyclic) bond motifs is 2. The Kier molecular flexibility index (Phi) is 4.81. The van der Waals surface area contributed by atoms with Gasteiger partial charge in [-0.2, -0.15) is 5.10 Å². The molecule has 0 atom stereocenters. The maximum atomic E-state index is 5.39. The smallest absolute Gasteiger partial charge is 0.158 e. The lowest BCUT2D eigenvalue weighted by atomic mass is 9.87. The molecular formula is C26H31N5O. The third-order valence-corrected chi connectivity index (χ3v) is 7.43. The van der Waals surface area contributed by atoms with E-state index in [-0.39, 0.29) is 0 Å². The van der Waals surface area contributed by atoms with Crippen molar-refractivity contribution in [3.8, 4) is 11.3 Å². The summed E-state index contributed by atoms with van der Waals surface area (Å²) in [6, 6.07) is 9.96. The van der Waals surface area contributed by atoms with Crippen LogP contribution in [0.5, 0.6) is 0 Å². The summed E-state index contributed by atoms with van der Waals surface area (Å²) in [7, 11) is 0. The van der Waals surface area contributed by atoms with Crippen molar-refractivity contribution in [1.29, 1.82) is 0 Å². The standard InChI is InChI=1S/C26H31N5O/c1-16(2)24-22-11-19(18-6-8-30(9-7-18)21-13-32-14-21)4-5-23(22)29-25(24)20-10-17(3)26-27-15-28-31(26)12-20/h4-5,10-12,15-16,18,21,29H,6-9,13-14H2,1-3H3. The Labute approximate surface area is 188 Å². The zero-order valence-electron chi connectivity index (χ0n) is 19.1. The van der Waals surface area contributed by atoms with Crippen LogP contribution in [0.15, 0.2) is 36.8 Å². The highest BCUT2D eigenvalue weighted by Crippen LogP contribution is 2.39. The molecule has 5 heterocycles. The van der Waals surface area contributed by atoms with Crippen LogP contribution in [0.4, 0.5) is 0 Å². The number of aromatic amines is 1. The summed E-state index contributed by atoms with van der Waals surface area (Å²) in [5, 5.41) is 5.74. The lowest BCUT2D eigenvalue weighted by molar-refractivity contribution is -0.0712. The molecule has 0 amide bonds. The van der Waals surface area contributed by atoms with E-state index >= 15 is 0 Å². The van der Waals surface area contributed by atoms with Crippen LogP contribution < -0.4 is 0 Å². The van der Waals surface area contributed by atoms with Crippen molar-refractivity contribution in [1.82, 2.24) is 24.5 Å². The number of hydrogen-bond acceptors (Lipinski definition) is 4. The number of hydrogen-bond donors (Lipinski definition) is 1. The maximum absolute atomic E-state index is 5.39. The minimum Gasteiger partial charge on any atom is -0.378 e. The van der Waals surface area contributed by atoms with Gasteiger partial charge in [0.15, 0.2) is 5.65 Å². The number of aryl methyl sites for hydroxylation is 1. The van der Waals surface area contributed by atoms with Crippen LogP contribution in [0.3, 0.4) is 0 Å². The predicted molar refractivity (Wildman–Crippen MR) is 127 cm³/mol. The number of aromatic nitrogens is 4. The highest BCUT2D eigenvalue weighted by atomic mass is 16.5. The molecule has 2 fully saturated rings. The fraction of sp³-hybridized carbons (Fsp3) is 0.462. The molecule has 0 spiro atoms. The zero-order valence-corrected chi connectivity index (χ0v) is 19.1. The molecule has 2 aliphatic heterocycles. The number of nitrogens with zero attached hydrogens (tertiary/aromatic N) is 4. The minimum atomic E-state index is 0.418. The molecule has 4 aromatic rings. The van der Waals surface area contributed by atoms with Gasteiger partial charge in [0, 0.05) is 22.7 Å². The predicted octanol–water partition coefficient (Wildman–Crippen LogP) is 4.89. The van der Waals surface area contributed by atoms with Gasteiger partial charge in [0.05, 0.1) is 24.9 Å². The van der Waals surface area contributed by atoms with Gasteiger partial charge < -0.3 is 9.72 Å². The molecule has 32 heavy (non-hydrogen) atoms. The molecule has 0 saturated carbocycles. The molecule has 6 heteroatoms. The molecule has 3 aromatic heterocycles. The summed E-state index contributed by atoms with van der Waals surface area (Å²) in [6.45, 7) is 10.9. The molecule has 2 aliphatic rings. The zero-order chi connectivity index (χ0) is 21.8. The first-order valence-electron chi connectivity index (χ1n) is 11.9. The summed E-state index contributed by atoms with van der Waals surface area (Å²) in [6.07, 6.45) is 6.18. The lowest BCUT2D eigenvalue weighted by Gasteiger charge is -2.41. The molecule has 6 rings (SSSR count). The molecule has 0 unspecified atom stereocenters. The second-order valence-electron chi connectivity index (χ2n) is 9.81.